The molecule has 1 aliphatic heterocycles. The number of nitrogens with zero attached hydrogens (tertiary/aromatic N) is 1. The summed E-state index contributed by atoms with van der Waals surface area (Å²) in [6.07, 6.45) is 0. The predicted molar refractivity (Wildman–Crippen MR) is 125 cm³/mol. The van der Waals surface area contributed by atoms with Gasteiger partial charge in [0, 0.05) is 19.6 Å². The molecule has 0 bridgehead atoms. The van der Waals surface area contributed by atoms with Gasteiger partial charge in [0.15, 0.2) is 0 Å². The Hall–Kier alpha value is -2.81. The first-order valence-corrected chi connectivity index (χ1v) is 11.1. The topological polar surface area (TPSA) is 83.5 Å². The van der Waals surface area contributed by atoms with E-state index in [1.165, 1.54) is 14.2 Å². The molecular weight excluding hydrogens is 450 g/mol. The molecule has 0 unspecified atom stereocenters. The van der Waals surface area contributed by atoms with Gasteiger partial charge in [-0.2, -0.15) is 0 Å². The zero-order chi connectivity index (χ0) is 23.9. The summed E-state index contributed by atoms with van der Waals surface area (Å²) in [7, 11) is 2.70. The molecule has 0 atom stereocenters. The number of hydrogen-bond donors (Lipinski definition) is 0. The largest absolute Gasteiger partial charge is 0.491 e. The van der Waals surface area contributed by atoms with Crippen LogP contribution in [0.25, 0.3) is 0 Å². The van der Waals surface area contributed by atoms with Crippen LogP contribution in [0.5, 0.6) is 11.5 Å². The van der Waals surface area contributed by atoms with Crippen LogP contribution in [0.15, 0.2) is 48.5 Å². The molecule has 1 heterocycles. The number of ether oxygens (including phenoxy) is 5. The second kappa shape index (κ2) is 15.1. The number of benzene rings is 2. The molecule has 1 fully saturated rings. The Bertz CT molecular complexity index is 871. The quantitative estimate of drug-likeness (QED) is 0.400. The van der Waals surface area contributed by atoms with Gasteiger partial charge in [0.05, 0.1) is 33.3 Å². The van der Waals surface area contributed by atoms with Crippen LogP contribution in [0.4, 0.5) is 0 Å². The summed E-state index contributed by atoms with van der Waals surface area (Å²) in [5, 5.41) is 0. The minimum atomic E-state index is -0.407. The maximum absolute atomic E-state index is 11.6. The highest BCUT2D eigenvalue weighted by Crippen LogP contribution is 2.19. The van der Waals surface area contributed by atoms with Crippen molar-refractivity contribution < 1.29 is 33.3 Å². The van der Waals surface area contributed by atoms with E-state index < -0.39 is 5.97 Å². The van der Waals surface area contributed by atoms with E-state index in [1.54, 1.807) is 42.5 Å². The lowest BCUT2D eigenvalue weighted by Crippen LogP contribution is -2.38. The van der Waals surface area contributed by atoms with Crippen molar-refractivity contribution in [3.05, 3.63) is 59.7 Å². The first kappa shape index (κ1) is 26.4. The molecule has 8 nitrogen and oxygen atoms in total. The number of methoxy groups -OCH3 is 2. The van der Waals surface area contributed by atoms with E-state index in [0.29, 0.717) is 41.7 Å². The Morgan fingerprint density at radius 1 is 0.848 bits per heavy atom. The van der Waals surface area contributed by atoms with Crippen LogP contribution >= 0.6 is 11.6 Å². The average molecular weight is 480 g/mol. The molecule has 0 radical (unpaired) electrons. The van der Waals surface area contributed by atoms with Gasteiger partial charge in [-0.3, -0.25) is 4.90 Å². The predicted octanol–water partition coefficient (Wildman–Crippen LogP) is 3.28. The standard InChI is InChI=1S/C14H19NO4.C10H11ClO3/c1-17-14(16)12-4-2-3-5-13(12)19-11-8-15-6-9-18-10-7-15;1-13-10(12)8-4-2-3-5-9(8)14-7-6-11/h2-5H,6-11H2,1H3;2-5H,6-7H2,1H3. The number of hydrogen-bond acceptors (Lipinski definition) is 8. The van der Waals surface area contributed by atoms with E-state index in [9.17, 15) is 9.59 Å². The molecule has 180 valence electrons. The summed E-state index contributed by atoms with van der Waals surface area (Å²) < 4.78 is 25.6. The maximum atomic E-state index is 11.6. The fourth-order valence-electron chi connectivity index (χ4n) is 3.00. The molecule has 2 aromatic carbocycles. The molecule has 0 saturated carbocycles. The zero-order valence-electron chi connectivity index (χ0n) is 19.0. The van der Waals surface area contributed by atoms with Gasteiger partial charge in [0.2, 0.25) is 0 Å². The SMILES string of the molecule is COC(=O)c1ccccc1OCCCl.COC(=O)c1ccccc1OCCN1CCOCC1. The normalized spacial score (nSPS) is 13.3. The number of alkyl halides is 1. The van der Waals surface area contributed by atoms with Crippen LogP contribution in [0.1, 0.15) is 20.7 Å². The molecular formula is C24H30ClNO7. The molecule has 9 heteroatoms. The maximum Gasteiger partial charge on any atom is 0.341 e. The number of rotatable bonds is 9. The molecule has 1 saturated heterocycles. The van der Waals surface area contributed by atoms with Gasteiger partial charge in [-0.1, -0.05) is 24.3 Å². The highest BCUT2D eigenvalue weighted by Gasteiger charge is 2.14. The van der Waals surface area contributed by atoms with Crippen molar-refractivity contribution in [2.24, 2.45) is 0 Å². The Labute approximate surface area is 199 Å². The van der Waals surface area contributed by atoms with E-state index in [-0.39, 0.29) is 5.97 Å². The minimum absolute atomic E-state index is 0.371. The fraction of sp³-hybridized carbons (Fsp3) is 0.417. The summed E-state index contributed by atoms with van der Waals surface area (Å²) in [4.78, 5) is 25.1. The van der Waals surface area contributed by atoms with E-state index >= 15 is 0 Å². The van der Waals surface area contributed by atoms with Gasteiger partial charge in [0.1, 0.15) is 35.8 Å². The second-order valence-corrected chi connectivity index (χ2v) is 7.19. The van der Waals surface area contributed by atoms with E-state index in [2.05, 4.69) is 9.64 Å². The molecule has 0 amide bonds. The Morgan fingerprint density at radius 3 is 1.82 bits per heavy atom. The summed E-state index contributed by atoms with van der Waals surface area (Å²) >= 11 is 5.48. The van der Waals surface area contributed by atoms with Crippen LogP contribution in [-0.4, -0.2) is 83.0 Å². The van der Waals surface area contributed by atoms with Gasteiger partial charge < -0.3 is 23.7 Å². The summed E-state index contributed by atoms with van der Waals surface area (Å²) in [5.41, 5.74) is 0.882. The van der Waals surface area contributed by atoms with E-state index in [4.69, 9.17) is 30.5 Å². The van der Waals surface area contributed by atoms with Gasteiger partial charge in [0.25, 0.3) is 0 Å². The third kappa shape index (κ3) is 8.92. The van der Waals surface area contributed by atoms with Gasteiger partial charge in [-0.05, 0) is 24.3 Å². The Kier molecular flexibility index (Phi) is 12.1. The highest BCUT2D eigenvalue weighted by atomic mass is 35.5. The number of carbonyl (C=O) groups is 2. The highest BCUT2D eigenvalue weighted by molar-refractivity contribution is 6.18. The number of halogens is 1. The molecule has 0 spiro atoms. The van der Waals surface area contributed by atoms with Crippen molar-refractivity contribution in [2.75, 3.05) is 66.2 Å². The number of para-hydroxylation sites is 2. The first-order chi connectivity index (χ1) is 16.1. The smallest absolute Gasteiger partial charge is 0.341 e. The monoisotopic (exact) mass is 479 g/mol. The van der Waals surface area contributed by atoms with Crippen LogP contribution in [-0.2, 0) is 14.2 Å². The molecule has 0 N–H and O–H groups in total. The molecule has 33 heavy (non-hydrogen) atoms. The van der Waals surface area contributed by atoms with E-state index in [0.717, 1.165) is 32.8 Å². The third-order valence-electron chi connectivity index (χ3n) is 4.69. The minimum Gasteiger partial charge on any atom is -0.491 e. The van der Waals surface area contributed by atoms with Crippen molar-refractivity contribution in [1.82, 2.24) is 4.90 Å². The van der Waals surface area contributed by atoms with Crippen LogP contribution in [0.3, 0.4) is 0 Å². The van der Waals surface area contributed by atoms with Crippen molar-refractivity contribution in [2.45, 2.75) is 0 Å². The zero-order valence-corrected chi connectivity index (χ0v) is 19.7. The lowest BCUT2D eigenvalue weighted by molar-refractivity contribution is 0.0321. The first-order valence-electron chi connectivity index (χ1n) is 10.6. The summed E-state index contributed by atoms with van der Waals surface area (Å²) in [6.45, 7) is 5.17. The lowest BCUT2D eigenvalue weighted by atomic mass is 10.2. The summed E-state index contributed by atoms with van der Waals surface area (Å²) in [5.74, 6) is 0.676. The fourth-order valence-corrected chi connectivity index (χ4v) is 3.08. The van der Waals surface area contributed by atoms with Crippen LogP contribution in [0.2, 0.25) is 0 Å². The Balaban J connectivity index is 0.000000245. The average Bonchev–Trinajstić information content (AvgIpc) is 2.88. The van der Waals surface area contributed by atoms with Gasteiger partial charge in [-0.15, -0.1) is 11.6 Å². The Morgan fingerprint density at radius 2 is 1.33 bits per heavy atom. The van der Waals surface area contributed by atoms with Crippen molar-refractivity contribution >= 4 is 23.5 Å². The number of morpholine rings is 1. The van der Waals surface area contributed by atoms with Crippen molar-refractivity contribution in [1.29, 1.82) is 0 Å². The molecule has 3 rings (SSSR count). The van der Waals surface area contributed by atoms with E-state index in [1.807, 2.05) is 6.07 Å². The van der Waals surface area contributed by atoms with Crippen LogP contribution < -0.4 is 9.47 Å². The summed E-state index contributed by atoms with van der Waals surface area (Å²) in [6, 6.07) is 14.0. The van der Waals surface area contributed by atoms with Gasteiger partial charge in [-0.25, -0.2) is 9.59 Å². The van der Waals surface area contributed by atoms with Crippen LogP contribution in [0, 0.1) is 0 Å². The second-order valence-electron chi connectivity index (χ2n) is 6.82. The third-order valence-corrected chi connectivity index (χ3v) is 4.84. The lowest BCUT2D eigenvalue weighted by Gasteiger charge is -2.26. The molecule has 1 aliphatic rings. The number of carbonyl (C=O) groups excluding carboxylic acids is 2. The molecule has 0 aliphatic carbocycles. The number of esters is 2. The molecule has 0 aromatic heterocycles. The van der Waals surface area contributed by atoms with Crippen molar-refractivity contribution in [3.63, 3.8) is 0 Å². The molecule has 2 aromatic rings. The van der Waals surface area contributed by atoms with Gasteiger partial charge >= 0.3 is 11.9 Å². The van der Waals surface area contributed by atoms with Crippen molar-refractivity contribution in [3.8, 4) is 11.5 Å².